The second-order valence-electron chi connectivity index (χ2n) is 11.5. The lowest BCUT2D eigenvalue weighted by Gasteiger charge is -2.37. The molecule has 2 heterocycles. The molecule has 5 rings (SSSR count). The summed E-state index contributed by atoms with van der Waals surface area (Å²) in [6.45, 7) is 1.81. The minimum atomic E-state index is -4.91. The number of piperazine rings is 1. The first-order valence-corrected chi connectivity index (χ1v) is 14.9. The van der Waals surface area contributed by atoms with Gasteiger partial charge in [0.2, 0.25) is 0 Å². The maximum atomic E-state index is 14.9. The smallest absolute Gasteiger partial charge is 0.406 e. The highest BCUT2D eigenvalue weighted by Crippen LogP contribution is 2.34. The van der Waals surface area contributed by atoms with Gasteiger partial charge < -0.3 is 15.4 Å². The van der Waals surface area contributed by atoms with Crippen molar-refractivity contribution in [1.29, 1.82) is 0 Å². The number of hydrogen-bond acceptors (Lipinski definition) is 6. The average molecular weight is 680 g/mol. The zero-order valence-corrected chi connectivity index (χ0v) is 25.7. The van der Waals surface area contributed by atoms with Gasteiger partial charge in [-0.25, -0.2) is 9.18 Å². The van der Waals surface area contributed by atoms with E-state index in [-0.39, 0.29) is 43.3 Å². The van der Waals surface area contributed by atoms with Crippen LogP contribution >= 0.6 is 0 Å². The van der Waals surface area contributed by atoms with E-state index in [9.17, 15) is 40.3 Å². The molecule has 256 valence electrons. The van der Waals surface area contributed by atoms with Crippen LogP contribution in [0, 0.1) is 12.7 Å². The lowest BCUT2D eigenvalue weighted by molar-refractivity contribution is -0.274. The summed E-state index contributed by atoms with van der Waals surface area (Å²) in [6, 6.07) is 15.9. The molecular formula is C33H32F7N5O3. The minimum absolute atomic E-state index is 0.0522. The first-order chi connectivity index (χ1) is 22.6. The third kappa shape index (κ3) is 7.90. The summed E-state index contributed by atoms with van der Waals surface area (Å²) in [5, 5.41) is 0. The third-order valence-electron chi connectivity index (χ3n) is 8.23. The van der Waals surface area contributed by atoms with Gasteiger partial charge in [0.05, 0.1) is 18.7 Å². The van der Waals surface area contributed by atoms with Crippen molar-refractivity contribution in [2.75, 3.05) is 31.1 Å². The Hall–Kier alpha value is -4.63. The zero-order chi connectivity index (χ0) is 34.8. The van der Waals surface area contributed by atoms with Crippen LogP contribution in [0.1, 0.15) is 34.0 Å². The molecule has 1 saturated heterocycles. The van der Waals surface area contributed by atoms with Gasteiger partial charge in [0, 0.05) is 50.0 Å². The maximum absolute atomic E-state index is 14.9. The van der Waals surface area contributed by atoms with E-state index < -0.39 is 53.3 Å². The first kappa shape index (κ1) is 34.7. The van der Waals surface area contributed by atoms with Crippen LogP contribution in [0.25, 0.3) is 0 Å². The Morgan fingerprint density at radius 2 is 1.50 bits per heavy atom. The van der Waals surface area contributed by atoms with Gasteiger partial charge in [0.1, 0.15) is 17.3 Å². The fourth-order valence-electron chi connectivity index (χ4n) is 5.87. The Kier molecular flexibility index (Phi) is 10.0. The largest absolute Gasteiger partial charge is 0.573 e. The topological polar surface area (TPSA) is 85.7 Å². The van der Waals surface area contributed by atoms with E-state index >= 15 is 0 Å². The van der Waals surface area contributed by atoms with Gasteiger partial charge in [-0.3, -0.25) is 18.8 Å². The molecule has 0 saturated carbocycles. The lowest BCUT2D eigenvalue weighted by atomic mass is 10.1. The SMILES string of the molecule is Cc1c(N2CCN(Cc3cccc(OC(F)(F)F)c3)CC2)c(=O)n(C[C@H](N)c2ccccc2)c(=O)n1Cc1c(F)cccc1C(F)(F)F. The van der Waals surface area contributed by atoms with Gasteiger partial charge in [-0.15, -0.1) is 13.2 Å². The van der Waals surface area contributed by atoms with Crippen molar-refractivity contribution in [3.05, 3.63) is 127 Å². The average Bonchev–Trinajstić information content (AvgIpc) is 3.02. The Bertz CT molecular complexity index is 1870. The molecule has 0 amide bonds. The van der Waals surface area contributed by atoms with Crippen LogP contribution in [0.15, 0.2) is 82.4 Å². The van der Waals surface area contributed by atoms with Crippen molar-refractivity contribution >= 4 is 5.69 Å². The zero-order valence-electron chi connectivity index (χ0n) is 25.7. The molecule has 3 aromatic carbocycles. The molecule has 0 aliphatic carbocycles. The summed E-state index contributed by atoms with van der Waals surface area (Å²) in [4.78, 5) is 31.4. The number of hydrogen-bond donors (Lipinski definition) is 1. The summed E-state index contributed by atoms with van der Waals surface area (Å²) >= 11 is 0. The van der Waals surface area contributed by atoms with Gasteiger partial charge in [-0.1, -0.05) is 48.5 Å². The van der Waals surface area contributed by atoms with Crippen LogP contribution in [0.2, 0.25) is 0 Å². The summed E-state index contributed by atoms with van der Waals surface area (Å²) in [5.74, 6) is -1.51. The van der Waals surface area contributed by atoms with Crippen LogP contribution in [0.5, 0.6) is 5.75 Å². The first-order valence-electron chi connectivity index (χ1n) is 14.9. The molecule has 0 spiro atoms. The summed E-state index contributed by atoms with van der Waals surface area (Å²) in [6.07, 6.45) is -9.74. The molecule has 15 heteroatoms. The fourth-order valence-corrected chi connectivity index (χ4v) is 5.87. The van der Waals surface area contributed by atoms with Crippen molar-refractivity contribution in [2.24, 2.45) is 5.73 Å². The predicted octanol–water partition coefficient (Wildman–Crippen LogP) is 5.45. The number of ether oxygens (including phenoxy) is 1. The van der Waals surface area contributed by atoms with Crippen molar-refractivity contribution in [2.45, 2.75) is 45.1 Å². The highest BCUT2D eigenvalue weighted by Gasteiger charge is 2.35. The second-order valence-corrected chi connectivity index (χ2v) is 11.5. The number of benzene rings is 3. The molecule has 1 aliphatic rings. The van der Waals surface area contributed by atoms with Gasteiger partial charge in [-0.05, 0) is 42.3 Å². The van der Waals surface area contributed by atoms with E-state index in [1.807, 2.05) is 4.90 Å². The van der Waals surface area contributed by atoms with Crippen LogP contribution in [-0.2, 0) is 25.8 Å². The molecule has 1 fully saturated rings. The quantitative estimate of drug-likeness (QED) is 0.237. The van der Waals surface area contributed by atoms with Crippen molar-refractivity contribution in [3.8, 4) is 5.75 Å². The van der Waals surface area contributed by atoms with E-state index in [4.69, 9.17) is 5.73 Å². The van der Waals surface area contributed by atoms with E-state index in [2.05, 4.69) is 4.74 Å². The van der Waals surface area contributed by atoms with E-state index in [1.165, 1.54) is 25.1 Å². The number of alkyl halides is 6. The normalized spacial score (nSPS) is 15.1. The minimum Gasteiger partial charge on any atom is -0.406 e. The maximum Gasteiger partial charge on any atom is 0.573 e. The van der Waals surface area contributed by atoms with Gasteiger partial charge in [0.25, 0.3) is 5.56 Å². The predicted molar refractivity (Wildman–Crippen MR) is 164 cm³/mol. The Labute approximate surface area is 270 Å². The second kappa shape index (κ2) is 13.8. The number of anilines is 1. The van der Waals surface area contributed by atoms with Crippen LogP contribution in [-0.4, -0.2) is 46.6 Å². The lowest BCUT2D eigenvalue weighted by Crippen LogP contribution is -2.51. The molecule has 4 aromatic rings. The molecule has 0 bridgehead atoms. The third-order valence-corrected chi connectivity index (χ3v) is 8.23. The Morgan fingerprint density at radius 3 is 2.15 bits per heavy atom. The highest BCUT2D eigenvalue weighted by atomic mass is 19.4. The van der Waals surface area contributed by atoms with Crippen molar-refractivity contribution in [3.63, 3.8) is 0 Å². The Morgan fingerprint density at radius 1 is 0.833 bits per heavy atom. The number of aromatic nitrogens is 2. The van der Waals surface area contributed by atoms with Gasteiger partial charge in [-0.2, -0.15) is 13.2 Å². The van der Waals surface area contributed by atoms with E-state index in [0.29, 0.717) is 24.2 Å². The number of nitrogens with two attached hydrogens (primary N) is 1. The molecule has 0 unspecified atom stereocenters. The van der Waals surface area contributed by atoms with E-state index in [0.717, 1.165) is 27.3 Å². The van der Waals surface area contributed by atoms with E-state index in [1.54, 1.807) is 41.3 Å². The molecule has 48 heavy (non-hydrogen) atoms. The summed E-state index contributed by atoms with van der Waals surface area (Å²) in [5.41, 5.74) is 4.02. The van der Waals surface area contributed by atoms with Crippen molar-refractivity contribution in [1.82, 2.24) is 14.0 Å². The van der Waals surface area contributed by atoms with Crippen molar-refractivity contribution < 1.29 is 35.5 Å². The number of rotatable bonds is 9. The van der Waals surface area contributed by atoms with Gasteiger partial charge >= 0.3 is 18.2 Å². The molecular weight excluding hydrogens is 647 g/mol. The fraction of sp³-hybridized carbons (Fsp3) is 0.333. The highest BCUT2D eigenvalue weighted by molar-refractivity contribution is 5.50. The van der Waals surface area contributed by atoms with Crippen LogP contribution < -0.4 is 26.6 Å². The Balaban J connectivity index is 1.48. The number of halogens is 7. The monoisotopic (exact) mass is 679 g/mol. The molecule has 8 nitrogen and oxygen atoms in total. The van der Waals surface area contributed by atoms with Gasteiger partial charge in [0.15, 0.2) is 0 Å². The summed E-state index contributed by atoms with van der Waals surface area (Å²) < 4.78 is 101. The molecule has 1 aromatic heterocycles. The standard InChI is InChI=1S/C33H32F7N5O3/c1-21-29(43-15-13-42(14-16-43)18-22-7-5-10-24(17-22)48-33(38,39)40)30(46)45(20-28(41)23-8-3-2-4-9-23)31(47)44(21)19-25-26(32(35,36)37)11-6-12-27(25)34/h2-12,17,28H,13-16,18-20,41H2,1H3/t28-/m0/s1. The molecule has 1 aliphatic heterocycles. The van der Waals surface area contributed by atoms with Crippen LogP contribution in [0.3, 0.4) is 0 Å². The van der Waals surface area contributed by atoms with Crippen LogP contribution in [0.4, 0.5) is 36.4 Å². The number of nitrogens with zero attached hydrogens (tertiary/aromatic N) is 4. The summed E-state index contributed by atoms with van der Waals surface area (Å²) in [7, 11) is 0. The molecule has 1 atom stereocenters. The molecule has 2 N–H and O–H groups in total. The molecule has 0 radical (unpaired) electrons.